The van der Waals surface area contributed by atoms with E-state index in [9.17, 15) is 0 Å². The third-order valence-electron chi connectivity index (χ3n) is 2.66. The maximum absolute atomic E-state index is 9.01. The van der Waals surface area contributed by atoms with E-state index in [2.05, 4.69) is 25.9 Å². The van der Waals surface area contributed by atoms with Crippen molar-refractivity contribution in [2.75, 3.05) is 0 Å². The normalized spacial score (nSPS) is 11.0. The second-order valence-corrected chi connectivity index (χ2v) is 4.57. The summed E-state index contributed by atoms with van der Waals surface area (Å²) in [6, 6.07) is 7.39. The van der Waals surface area contributed by atoms with Gasteiger partial charge in [-0.2, -0.15) is 0 Å². The van der Waals surface area contributed by atoms with Crippen molar-refractivity contribution in [3.05, 3.63) is 46.9 Å². The molecule has 0 amide bonds. The van der Waals surface area contributed by atoms with E-state index >= 15 is 0 Å². The van der Waals surface area contributed by atoms with Crippen molar-refractivity contribution < 1.29 is 9.52 Å². The summed E-state index contributed by atoms with van der Waals surface area (Å²) in [5, 5.41) is 9.01. The lowest BCUT2D eigenvalue weighted by Crippen LogP contribution is -1.86. The van der Waals surface area contributed by atoms with Crippen LogP contribution in [0.1, 0.15) is 5.76 Å². The molecule has 1 aromatic carbocycles. The van der Waals surface area contributed by atoms with Crippen molar-refractivity contribution in [2.45, 2.75) is 6.61 Å². The molecule has 3 aromatic rings. The summed E-state index contributed by atoms with van der Waals surface area (Å²) in [7, 11) is 0. The predicted molar refractivity (Wildman–Crippen MR) is 70.9 cm³/mol. The van der Waals surface area contributed by atoms with Crippen molar-refractivity contribution in [3.63, 3.8) is 0 Å². The summed E-state index contributed by atoms with van der Waals surface area (Å²) >= 11 is 3.52. The third kappa shape index (κ3) is 1.81. The average molecular weight is 305 g/mol. The van der Waals surface area contributed by atoms with Gasteiger partial charge in [-0.05, 0) is 40.2 Å². The number of halogens is 1. The number of furan rings is 1. The Bertz CT molecular complexity index is 709. The van der Waals surface area contributed by atoms with Crippen LogP contribution in [0.4, 0.5) is 0 Å². The molecule has 90 valence electrons. The van der Waals surface area contributed by atoms with Gasteiger partial charge in [-0.3, -0.25) is 9.97 Å². The molecule has 0 atom stereocenters. The van der Waals surface area contributed by atoms with Gasteiger partial charge in [0, 0.05) is 18.0 Å². The van der Waals surface area contributed by atoms with Gasteiger partial charge in [0.2, 0.25) is 0 Å². The average Bonchev–Trinajstić information content (AvgIpc) is 2.88. The van der Waals surface area contributed by atoms with Crippen LogP contribution in [0.2, 0.25) is 0 Å². The minimum atomic E-state index is -0.106. The van der Waals surface area contributed by atoms with Crippen LogP contribution in [0.15, 0.2) is 45.5 Å². The van der Waals surface area contributed by atoms with Gasteiger partial charge >= 0.3 is 0 Å². The monoisotopic (exact) mass is 304 g/mol. The van der Waals surface area contributed by atoms with Crippen LogP contribution in [0, 0.1) is 0 Å². The van der Waals surface area contributed by atoms with Gasteiger partial charge in [0.1, 0.15) is 23.6 Å². The number of aromatic nitrogens is 2. The van der Waals surface area contributed by atoms with Gasteiger partial charge < -0.3 is 9.52 Å². The molecule has 0 aliphatic heterocycles. The predicted octanol–water partition coefficient (Wildman–Crippen LogP) is 3.14. The van der Waals surface area contributed by atoms with Gasteiger partial charge in [0.05, 0.1) is 9.99 Å². The maximum atomic E-state index is 9.01. The first-order valence-corrected chi connectivity index (χ1v) is 6.18. The van der Waals surface area contributed by atoms with Crippen molar-refractivity contribution in [1.29, 1.82) is 0 Å². The third-order valence-corrected chi connectivity index (χ3v) is 3.46. The second-order valence-electron chi connectivity index (χ2n) is 3.78. The standard InChI is InChI=1S/C13H9BrN2O2/c14-12-9(11-4-1-8(7-17)18-11)2-3-10-13(12)16-6-5-15-10/h1-6,17H,7H2. The molecule has 4 nitrogen and oxygen atoms in total. The molecule has 0 spiro atoms. The fraction of sp³-hybridized carbons (Fsp3) is 0.0769. The first-order chi connectivity index (χ1) is 8.79. The molecular formula is C13H9BrN2O2. The smallest absolute Gasteiger partial charge is 0.135 e. The molecule has 0 bridgehead atoms. The minimum absolute atomic E-state index is 0.106. The number of aliphatic hydroxyl groups is 1. The number of rotatable bonds is 2. The van der Waals surface area contributed by atoms with E-state index in [-0.39, 0.29) is 6.61 Å². The highest BCUT2D eigenvalue weighted by Gasteiger charge is 2.11. The summed E-state index contributed by atoms with van der Waals surface area (Å²) in [6.45, 7) is -0.106. The fourth-order valence-electron chi connectivity index (χ4n) is 1.80. The molecule has 0 fully saturated rings. The van der Waals surface area contributed by atoms with Crippen molar-refractivity contribution >= 4 is 27.0 Å². The summed E-state index contributed by atoms with van der Waals surface area (Å²) < 4.78 is 6.36. The zero-order valence-electron chi connectivity index (χ0n) is 9.30. The van der Waals surface area contributed by atoms with E-state index in [1.165, 1.54) is 0 Å². The van der Waals surface area contributed by atoms with Gasteiger partial charge in [0.15, 0.2) is 0 Å². The maximum Gasteiger partial charge on any atom is 0.135 e. The van der Waals surface area contributed by atoms with Gasteiger partial charge in [-0.15, -0.1) is 0 Å². The van der Waals surface area contributed by atoms with E-state index in [4.69, 9.17) is 9.52 Å². The van der Waals surface area contributed by atoms with Crippen LogP contribution in [0.5, 0.6) is 0 Å². The lowest BCUT2D eigenvalue weighted by Gasteiger charge is -2.04. The molecule has 2 heterocycles. The van der Waals surface area contributed by atoms with Crippen LogP contribution in [0.3, 0.4) is 0 Å². The van der Waals surface area contributed by atoms with E-state index in [1.807, 2.05) is 18.2 Å². The molecule has 0 aliphatic carbocycles. The first-order valence-electron chi connectivity index (χ1n) is 5.39. The van der Waals surface area contributed by atoms with Crippen LogP contribution < -0.4 is 0 Å². The first kappa shape index (κ1) is 11.4. The minimum Gasteiger partial charge on any atom is -0.459 e. The van der Waals surface area contributed by atoms with Gasteiger partial charge in [0.25, 0.3) is 0 Å². The number of hydrogen-bond donors (Lipinski definition) is 1. The number of aliphatic hydroxyl groups excluding tert-OH is 1. The molecule has 0 radical (unpaired) electrons. The van der Waals surface area contributed by atoms with Crippen LogP contribution in [-0.2, 0) is 6.61 Å². The Kier molecular flexibility index (Phi) is 2.85. The number of fused-ring (bicyclic) bond motifs is 1. The largest absolute Gasteiger partial charge is 0.459 e. The molecule has 1 N–H and O–H groups in total. The lowest BCUT2D eigenvalue weighted by molar-refractivity contribution is 0.248. The van der Waals surface area contributed by atoms with Crippen molar-refractivity contribution in [2.24, 2.45) is 0 Å². The van der Waals surface area contributed by atoms with Crippen LogP contribution in [0.25, 0.3) is 22.4 Å². The van der Waals surface area contributed by atoms with Crippen LogP contribution >= 0.6 is 15.9 Å². The SMILES string of the molecule is OCc1ccc(-c2ccc3nccnc3c2Br)o1. The molecule has 3 rings (SSSR count). The summed E-state index contributed by atoms with van der Waals surface area (Å²) in [5.74, 6) is 1.23. The highest BCUT2D eigenvalue weighted by Crippen LogP contribution is 2.33. The Balaban J connectivity index is 2.20. The Morgan fingerprint density at radius 1 is 1.11 bits per heavy atom. The number of benzene rings is 1. The summed E-state index contributed by atoms with van der Waals surface area (Å²) in [6.07, 6.45) is 3.31. The Morgan fingerprint density at radius 2 is 1.94 bits per heavy atom. The number of nitrogens with zero attached hydrogens (tertiary/aromatic N) is 2. The zero-order valence-corrected chi connectivity index (χ0v) is 10.9. The Morgan fingerprint density at radius 3 is 2.72 bits per heavy atom. The van der Waals surface area contributed by atoms with E-state index in [0.717, 1.165) is 21.1 Å². The van der Waals surface area contributed by atoms with E-state index in [0.29, 0.717) is 11.5 Å². The van der Waals surface area contributed by atoms with Gasteiger partial charge in [-0.1, -0.05) is 0 Å². The lowest BCUT2D eigenvalue weighted by atomic mass is 10.1. The van der Waals surface area contributed by atoms with Gasteiger partial charge in [-0.25, -0.2) is 0 Å². The summed E-state index contributed by atoms with van der Waals surface area (Å²) in [5.41, 5.74) is 2.50. The fourth-order valence-corrected chi connectivity index (χ4v) is 2.43. The molecular weight excluding hydrogens is 296 g/mol. The quantitative estimate of drug-likeness (QED) is 0.790. The van der Waals surface area contributed by atoms with Crippen LogP contribution in [-0.4, -0.2) is 15.1 Å². The molecule has 18 heavy (non-hydrogen) atoms. The summed E-state index contributed by atoms with van der Waals surface area (Å²) in [4.78, 5) is 8.53. The molecule has 2 aromatic heterocycles. The highest BCUT2D eigenvalue weighted by atomic mass is 79.9. The van der Waals surface area contributed by atoms with Crippen molar-refractivity contribution in [3.8, 4) is 11.3 Å². The zero-order chi connectivity index (χ0) is 12.5. The Hall–Kier alpha value is -1.72. The number of hydrogen-bond acceptors (Lipinski definition) is 4. The van der Waals surface area contributed by atoms with Crippen molar-refractivity contribution in [1.82, 2.24) is 9.97 Å². The molecule has 0 saturated heterocycles. The second kappa shape index (κ2) is 4.51. The molecule has 0 saturated carbocycles. The topological polar surface area (TPSA) is 59.2 Å². The molecule has 0 unspecified atom stereocenters. The highest BCUT2D eigenvalue weighted by molar-refractivity contribution is 9.10. The van der Waals surface area contributed by atoms with E-state index in [1.54, 1.807) is 18.5 Å². The van der Waals surface area contributed by atoms with E-state index < -0.39 is 0 Å². The molecule has 0 aliphatic rings. The molecule has 5 heteroatoms. The Labute approximate surface area is 111 Å².